The van der Waals surface area contributed by atoms with Gasteiger partial charge in [0.1, 0.15) is 12.2 Å². The first kappa shape index (κ1) is 10.7. The minimum atomic E-state index is 0.510. The van der Waals surface area contributed by atoms with Crippen molar-refractivity contribution in [3.8, 4) is 0 Å². The lowest BCUT2D eigenvalue weighted by Gasteiger charge is -2.11. The molecule has 1 rings (SSSR count). The Morgan fingerprint density at radius 2 is 2.46 bits per heavy atom. The van der Waals surface area contributed by atoms with Crippen LogP contribution in [-0.2, 0) is 13.6 Å². The molecule has 0 bridgehead atoms. The summed E-state index contributed by atoms with van der Waals surface area (Å²) in [4.78, 5) is 4.13. The quantitative estimate of drug-likeness (QED) is 0.792. The Balaban J connectivity index is 2.30. The van der Waals surface area contributed by atoms with Crippen LogP contribution in [0.3, 0.4) is 0 Å². The number of hydrogen-bond donors (Lipinski definition) is 1. The van der Waals surface area contributed by atoms with E-state index in [-0.39, 0.29) is 0 Å². The summed E-state index contributed by atoms with van der Waals surface area (Å²) in [5.41, 5.74) is 0. The summed E-state index contributed by atoms with van der Waals surface area (Å²) in [6.07, 6.45) is 2.70. The third-order valence-corrected chi connectivity index (χ3v) is 2.41. The second-order valence-electron chi connectivity index (χ2n) is 3.06. The van der Waals surface area contributed by atoms with E-state index in [1.54, 1.807) is 11.0 Å². The predicted octanol–water partition coefficient (Wildman–Crippen LogP) is 1.08. The lowest BCUT2D eigenvalue weighted by atomic mass is 10.2. The van der Waals surface area contributed by atoms with Gasteiger partial charge in [0.15, 0.2) is 0 Å². The van der Waals surface area contributed by atoms with Gasteiger partial charge in [0.25, 0.3) is 0 Å². The van der Waals surface area contributed by atoms with Gasteiger partial charge in [-0.05, 0) is 13.3 Å². The topological polar surface area (TPSA) is 42.7 Å². The number of aryl methyl sites for hydroxylation is 1. The average Bonchev–Trinajstić information content (AvgIpc) is 2.48. The standard InChI is InChI=1S/C8H15BrN4/c1-7(3-4-9)10-5-8-11-6-12-13(8)2/h6-7,10H,3-5H2,1-2H3. The van der Waals surface area contributed by atoms with Gasteiger partial charge in [0, 0.05) is 18.4 Å². The summed E-state index contributed by atoms with van der Waals surface area (Å²) in [7, 11) is 1.90. The SMILES string of the molecule is CC(CCBr)NCc1ncnn1C. The van der Waals surface area contributed by atoms with Gasteiger partial charge < -0.3 is 5.32 Å². The molecule has 4 nitrogen and oxygen atoms in total. The minimum Gasteiger partial charge on any atom is -0.307 e. The van der Waals surface area contributed by atoms with Gasteiger partial charge in [0.2, 0.25) is 0 Å². The molecule has 0 saturated heterocycles. The zero-order valence-electron chi connectivity index (χ0n) is 8.00. The van der Waals surface area contributed by atoms with Gasteiger partial charge >= 0.3 is 0 Å². The zero-order valence-corrected chi connectivity index (χ0v) is 9.58. The zero-order chi connectivity index (χ0) is 9.68. The Bertz CT molecular complexity index is 248. The fraction of sp³-hybridized carbons (Fsp3) is 0.750. The summed E-state index contributed by atoms with van der Waals surface area (Å²) in [6.45, 7) is 2.95. The first-order chi connectivity index (χ1) is 6.24. The van der Waals surface area contributed by atoms with Crippen LogP contribution >= 0.6 is 15.9 Å². The maximum absolute atomic E-state index is 4.13. The van der Waals surface area contributed by atoms with Gasteiger partial charge in [-0.2, -0.15) is 5.10 Å². The van der Waals surface area contributed by atoms with Crippen LogP contribution < -0.4 is 5.32 Å². The Hall–Kier alpha value is -0.420. The molecule has 0 radical (unpaired) electrons. The van der Waals surface area contributed by atoms with Crippen molar-refractivity contribution in [2.75, 3.05) is 5.33 Å². The number of rotatable bonds is 5. The van der Waals surface area contributed by atoms with E-state index in [1.165, 1.54) is 0 Å². The molecule has 0 saturated carbocycles. The summed E-state index contributed by atoms with van der Waals surface area (Å²) in [5, 5.41) is 8.40. The fourth-order valence-corrected chi connectivity index (χ4v) is 1.70. The lowest BCUT2D eigenvalue weighted by molar-refractivity contribution is 0.514. The molecule has 0 spiro atoms. The number of hydrogen-bond acceptors (Lipinski definition) is 3. The van der Waals surface area contributed by atoms with E-state index < -0.39 is 0 Å². The van der Waals surface area contributed by atoms with Crippen molar-refractivity contribution in [1.29, 1.82) is 0 Å². The summed E-state index contributed by atoms with van der Waals surface area (Å²) in [6, 6.07) is 0.510. The molecule has 0 aliphatic carbocycles. The molecule has 1 atom stereocenters. The van der Waals surface area contributed by atoms with Crippen molar-refractivity contribution in [3.63, 3.8) is 0 Å². The van der Waals surface area contributed by atoms with Crippen LogP contribution in [0.25, 0.3) is 0 Å². The monoisotopic (exact) mass is 246 g/mol. The molecule has 5 heteroatoms. The van der Waals surface area contributed by atoms with Gasteiger partial charge in [-0.1, -0.05) is 15.9 Å². The highest BCUT2D eigenvalue weighted by Crippen LogP contribution is 1.97. The van der Waals surface area contributed by atoms with Crippen molar-refractivity contribution < 1.29 is 0 Å². The van der Waals surface area contributed by atoms with E-state index in [2.05, 4.69) is 38.3 Å². The number of nitrogens with zero attached hydrogens (tertiary/aromatic N) is 3. The largest absolute Gasteiger partial charge is 0.307 e. The van der Waals surface area contributed by atoms with Crippen molar-refractivity contribution in [2.24, 2.45) is 7.05 Å². The summed E-state index contributed by atoms with van der Waals surface area (Å²) < 4.78 is 1.79. The van der Waals surface area contributed by atoms with Crippen LogP contribution in [0, 0.1) is 0 Å². The van der Waals surface area contributed by atoms with Crippen molar-refractivity contribution in [3.05, 3.63) is 12.2 Å². The van der Waals surface area contributed by atoms with Crippen LogP contribution in [0.5, 0.6) is 0 Å². The third-order valence-electron chi connectivity index (χ3n) is 1.96. The van der Waals surface area contributed by atoms with E-state index >= 15 is 0 Å². The smallest absolute Gasteiger partial charge is 0.140 e. The Morgan fingerprint density at radius 1 is 1.69 bits per heavy atom. The van der Waals surface area contributed by atoms with Gasteiger partial charge in [0.05, 0.1) is 6.54 Å². The average molecular weight is 247 g/mol. The number of aromatic nitrogens is 3. The molecule has 74 valence electrons. The van der Waals surface area contributed by atoms with Crippen LogP contribution in [0.15, 0.2) is 6.33 Å². The second-order valence-corrected chi connectivity index (χ2v) is 3.85. The normalized spacial score (nSPS) is 13.2. The van der Waals surface area contributed by atoms with Crippen LogP contribution in [0.2, 0.25) is 0 Å². The van der Waals surface area contributed by atoms with E-state index in [4.69, 9.17) is 0 Å². The Kier molecular flexibility index (Phi) is 4.38. The Labute approximate surface area is 86.9 Å². The van der Waals surface area contributed by atoms with E-state index in [0.717, 1.165) is 24.1 Å². The number of nitrogens with one attached hydrogen (secondary N) is 1. The molecule has 1 unspecified atom stereocenters. The van der Waals surface area contributed by atoms with E-state index in [1.807, 2.05) is 7.05 Å². The van der Waals surface area contributed by atoms with E-state index in [9.17, 15) is 0 Å². The van der Waals surface area contributed by atoms with Crippen LogP contribution in [0.4, 0.5) is 0 Å². The molecule has 0 aromatic carbocycles. The third kappa shape index (κ3) is 3.44. The second kappa shape index (κ2) is 5.34. The molecule has 1 aromatic heterocycles. The highest BCUT2D eigenvalue weighted by molar-refractivity contribution is 9.09. The minimum absolute atomic E-state index is 0.510. The van der Waals surface area contributed by atoms with Gasteiger partial charge in [-0.3, -0.25) is 4.68 Å². The molecule has 1 N–H and O–H groups in total. The molecule has 0 aliphatic heterocycles. The molecule has 13 heavy (non-hydrogen) atoms. The highest BCUT2D eigenvalue weighted by Gasteiger charge is 2.03. The van der Waals surface area contributed by atoms with Crippen LogP contribution in [-0.4, -0.2) is 26.1 Å². The van der Waals surface area contributed by atoms with Crippen molar-refractivity contribution in [1.82, 2.24) is 20.1 Å². The fourth-order valence-electron chi connectivity index (χ4n) is 1.01. The first-order valence-electron chi connectivity index (χ1n) is 4.36. The molecule has 0 amide bonds. The summed E-state index contributed by atoms with van der Waals surface area (Å²) in [5.74, 6) is 0.974. The molecule has 1 heterocycles. The maximum atomic E-state index is 4.13. The van der Waals surface area contributed by atoms with Crippen molar-refractivity contribution >= 4 is 15.9 Å². The Morgan fingerprint density at radius 3 is 3.00 bits per heavy atom. The molecule has 1 aromatic rings. The molecule has 0 aliphatic rings. The van der Waals surface area contributed by atoms with Gasteiger partial charge in [-0.15, -0.1) is 0 Å². The highest BCUT2D eigenvalue weighted by atomic mass is 79.9. The number of halogens is 1. The molecule has 0 fully saturated rings. The first-order valence-corrected chi connectivity index (χ1v) is 5.48. The molecular weight excluding hydrogens is 232 g/mol. The predicted molar refractivity (Wildman–Crippen MR) is 55.7 cm³/mol. The van der Waals surface area contributed by atoms with Crippen molar-refractivity contribution in [2.45, 2.75) is 25.9 Å². The van der Waals surface area contributed by atoms with E-state index in [0.29, 0.717) is 6.04 Å². The van der Waals surface area contributed by atoms with Gasteiger partial charge in [-0.25, -0.2) is 4.98 Å². The van der Waals surface area contributed by atoms with Crippen LogP contribution in [0.1, 0.15) is 19.2 Å². The summed E-state index contributed by atoms with van der Waals surface area (Å²) >= 11 is 3.41. The number of alkyl halides is 1. The maximum Gasteiger partial charge on any atom is 0.140 e. The molecular formula is C8H15BrN4. The lowest BCUT2D eigenvalue weighted by Crippen LogP contribution is -2.27.